The van der Waals surface area contributed by atoms with E-state index in [-0.39, 0.29) is 23.4 Å². The third kappa shape index (κ3) is 4.19. The van der Waals surface area contributed by atoms with Crippen LogP contribution in [0, 0.1) is 5.82 Å². The van der Waals surface area contributed by atoms with Crippen LogP contribution in [0.15, 0.2) is 72.8 Å². The van der Waals surface area contributed by atoms with E-state index in [0.29, 0.717) is 15.6 Å². The van der Waals surface area contributed by atoms with E-state index in [4.69, 9.17) is 4.74 Å². The van der Waals surface area contributed by atoms with Crippen molar-refractivity contribution in [1.29, 1.82) is 0 Å². The maximum absolute atomic E-state index is 13.7. The van der Waals surface area contributed by atoms with Gasteiger partial charge in [0.15, 0.2) is 11.7 Å². The molecule has 0 unspecified atom stereocenters. The summed E-state index contributed by atoms with van der Waals surface area (Å²) in [5.74, 6) is -0.143. The van der Waals surface area contributed by atoms with E-state index in [0.717, 1.165) is 5.56 Å². The predicted molar refractivity (Wildman–Crippen MR) is 119 cm³/mol. The molecule has 0 bridgehead atoms. The molecule has 4 aromatic rings. The minimum Gasteiger partial charge on any atom is -0.484 e. The predicted octanol–water partition coefficient (Wildman–Crippen LogP) is 5.78. The Balaban J connectivity index is 1.37. The Labute approximate surface area is 178 Å². The highest BCUT2D eigenvalue weighted by atomic mass is 32.1. The van der Waals surface area contributed by atoms with Crippen molar-refractivity contribution in [3.63, 3.8) is 0 Å². The Morgan fingerprint density at radius 1 is 1.00 bits per heavy atom. The Morgan fingerprint density at radius 2 is 1.70 bits per heavy atom. The second kappa shape index (κ2) is 8.24. The highest BCUT2D eigenvalue weighted by Crippen LogP contribution is 2.32. The van der Waals surface area contributed by atoms with Crippen molar-refractivity contribution in [2.45, 2.75) is 19.3 Å². The lowest BCUT2D eigenvalue weighted by atomic mass is 9.78. The molecule has 0 aliphatic carbocycles. The van der Waals surface area contributed by atoms with Crippen LogP contribution in [-0.4, -0.2) is 17.5 Å². The number of aromatic nitrogens is 1. The van der Waals surface area contributed by atoms with Crippen LogP contribution in [0.25, 0.3) is 10.2 Å². The first-order chi connectivity index (χ1) is 14.4. The summed E-state index contributed by atoms with van der Waals surface area (Å²) in [4.78, 5) is 16.3. The second-order valence-corrected chi connectivity index (χ2v) is 8.49. The number of hydrogen-bond donors (Lipinski definition) is 1. The van der Waals surface area contributed by atoms with E-state index >= 15 is 0 Å². The zero-order valence-electron chi connectivity index (χ0n) is 16.7. The summed E-state index contributed by atoms with van der Waals surface area (Å²) < 4.78 is 20.0. The normalized spacial score (nSPS) is 11.4. The molecule has 3 aromatic carbocycles. The molecule has 0 saturated carbocycles. The first kappa shape index (κ1) is 20.0. The number of carbonyl (C=O) groups is 1. The molecule has 0 saturated heterocycles. The summed E-state index contributed by atoms with van der Waals surface area (Å²) in [6, 6.07) is 22.8. The van der Waals surface area contributed by atoms with Gasteiger partial charge in [0.1, 0.15) is 17.1 Å². The van der Waals surface area contributed by atoms with Crippen LogP contribution in [0.5, 0.6) is 5.75 Å². The highest BCUT2D eigenvalue weighted by molar-refractivity contribution is 7.22. The van der Waals surface area contributed by atoms with Crippen molar-refractivity contribution in [3.05, 3.63) is 89.7 Å². The van der Waals surface area contributed by atoms with Gasteiger partial charge in [-0.3, -0.25) is 10.1 Å². The van der Waals surface area contributed by atoms with Crippen LogP contribution >= 0.6 is 11.3 Å². The number of ether oxygens (including phenoxy) is 1. The van der Waals surface area contributed by atoms with Gasteiger partial charge in [0.25, 0.3) is 5.91 Å². The lowest BCUT2D eigenvalue weighted by Crippen LogP contribution is -2.20. The topological polar surface area (TPSA) is 51.2 Å². The van der Waals surface area contributed by atoms with Crippen molar-refractivity contribution in [2.75, 3.05) is 11.9 Å². The summed E-state index contributed by atoms with van der Waals surface area (Å²) in [5.41, 5.74) is 2.50. The Hall–Kier alpha value is -3.25. The van der Waals surface area contributed by atoms with E-state index in [1.807, 2.05) is 42.5 Å². The van der Waals surface area contributed by atoms with Crippen LogP contribution in [0.1, 0.15) is 25.0 Å². The molecule has 4 nitrogen and oxygen atoms in total. The van der Waals surface area contributed by atoms with Gasteiger partial charge >= 0.3 is 0 Å². The molecule has 0 fully saturated rings. The highest BCUT2D eigenvalue weighted by Gasteiger charge is 2.22. The molecule has 1 heterocycles. The molecule has 0 spiro atoms. The number of carbonyl (C=O) groups excluding carboxylic acids is 1. The molecule has 0 aliphatic rings. The van der Waals surface area contributed by atoms with E-state index in [9.17, 15) is 9.18 Å². The minimum absolute atomic E-state index is 0.140. The van der Waals surface area contributed by atoms with Crippen LogP contribution in [0.3, 0.4) is 0 Å². The van der Waals surface area contributed by atoms with Crippen molar-refractivity contribution in [1.82, 2.24) is 4.98 Å². The summed E-state index contributed by atoms with van der Waals surface area (Å²) >= 11 is 1.23. The third-order valence-electron chi connectivity index (χ3n) is 5.06. The van der Waals surface area contributed by atoms with Crippen LogP contribution < -0.4 is 10.1 Å². The number of nitrogens with zero attached hydrogens (tertiary/aromatic N) is 1. The van der Waals surface area contributed by atoms with Crippen molar-refractivity contribution >= 4 is 32.6 Å². The van der Waals surface area contributed by atoms with E-state index < -0.39 is 5.82 Å². The number of amides is 1. The van der Waals surface area contributed by atoms with E-state index in [2.05, 4.69) is 36.3 Å². The number of para-hydroxylation sites is 1. The van der Waals surface area contributed by atoms with Crippen molar-refractivity contribution in [3.8, 4) is 5.75 Å². The quantitative estimate of drug-likeness (QED) is 0.430. The lowest BCUT2D eigenvalue weighted by molar-refractivity contribution is -0.118. The number of nitrogens with one attached hydrogen (secondary N) is 1. The summed E-state index contributed by atoms with van der Waals surface area (Å²) in [5, 5.41) is 3.01. The fourth-order valence-corrected chi connectivity index (χ4v) is 4.16. The fourth-order valence-electron chi connectivity index (χ4n) is 3.26. The van der Waals surface area contributed by atoms with Gasteiger partial charge in [0.05, 0.1) is 4.70 Å². The number of halogens is 1. The Morgan fingerprint density at radius 3 is 2.40 bits per heavy atom. The maximum Gasteiger partial charge on any atom is 0.264 e. The third-order valence-corrected chi connectivity index (χ3v) is 5.99. The van der Waals surface area contributed by atoms with E-state index in [1.54, 1.807) is 12.1 Å². The van der Waals surface area contributed by atoms with Gasteiger partial charge in [-0.1, -0.05) is 73.7 Å². The monoisotopic (exact) mass is 420 g/mol. The van der Waals surface area contributed by atoms with Gasteiger partial charge in [-0.25, -0.2) is 9.37 Å². The summed E-state index contributed by atoms with van der Waals surface area (Å²) in [7, 11) is 0. The molecule has 1 amide bonds. The largest absolute Gasteiger partial charge is 0.484 e. The Kier molecular flexibility index (Phi) is 5.50. The molecule has 1 aromatic heterocycles. The molecular formula is C24H21FN2O2S. The molecule has 4 rings (SSSR count). The number of fused-ring (bicyclic) bond motifs is 1. The molecule has 152 valence electrons. The second-order valence-electron chi connectivity index (χ2n) is 7.46. The minimum atomic E-state index is -0.404. The molecule has 0 atom stereocenters. The molecule has 6 heteroatoms. The number of thiazole rings is 1. The molecule has 0 radical (unpaired) electrons. The van der Waals surface area contributed by atoms with E-state index in [1.165, 1.54) is 23.0 Å². The number of benzene rings is 3. The number of rotatable bonds is 6. The van der Waals surface area contributed by atoms with Crippen LogP contribution in [0.4, 0.5) is 9.52 Å². The average Bonchev–Trinajstić information content (AvgIpc) is 3.17. The lowest BCUT2D eigenvalue weighted by Gasteiger charge is -2.26. The SMILES string of the molecule is CC(C)(c1ccccc1)c1ccc(OCC(=O)Nc2nc3c(F)cccc3s2)cc1. The average molecular weight is 421 g/mol. The molecular weight excluding hydrogens is 399 g/mol. The first-order valence-electron chi connectivity index (χ1n) is 9.57. The molecule has 0 aliphatic heterocycles. The smallest absolute Gasteiger partial charge is 0.264 e. The van der Waals surface area contributed by atoms with Gasteiger partial charge in [0, 0.05) is 5.41 Å². The number of anilines is 1. The zero-order valence-corrected chi connectivity index (χ0v) is 17.5. The van der Waals surface area contributed by atoms with Gasteiger partial charge in [-0.15, -0.1) is 0 Å². The Bertz CT molecular complexity index is 1170. The van der Waals surface area contributed by atoms with Crippen LogP contribution in [0.2, 0.25) is 0 Å². The fraction of sp³-hybridized carbons (Fsp3) is 0.167. The first-order valence-corrected chi connectivity index (χ1v) is 10.4. The van der Waals surface area contributed by atoms with Gasteiger partial charge in [-0.2, -0.15) is 0 Å². The van der Waals surface area contributed by atoms with Crippen molar-refractivity contribution in [2.24, 2.45) is 0 Å². The van der Waals surface area contributed by atoms with Gasteiger partial charge < -0.3 is 4.74 Å². The van der Waals surface area contributed by atoms with Crippen LogP contribution in [-0.2, 0) is 10.2 Å². The standard InChI is InChI=1S/C24H21FN2O2S/c1-24(2,16-7-4-3-5-8-16)17-11-13-18(14-12-17)29-15-21(28)26-23-27-22-19(25)9-6-10-20(22)30-23/h3-14H,15H2,1-2H3,(H,26,27,28). The van der Waals surface area contributed by atoms with Gasteiger partial charge in [0.2, 0.25) is 0 Å². The molecule has 30 heavy (non-hydrogen) atoms. The summed E-state index contributed by atoms with van der Waals surface area (Å²) in [6.45, 7) is 4.19. The maximum atomic E-state index is 13.7. The molecule has 1 N–H and O–H groups in total. The van der Waals surface area contributed by atoms with Gasteiger partial charge in [-0.05, 0) is 35.4 Å². The van der Waals surface area contributed by atoms with Crippen molar-refractivity contribution < 1.29 is 13.9 Å². The number of hydrogen-bond acceptors (Lipinski definition) is 4. The summed E-state index contributed by atoms with van der Waals surface area (Å²) in [6.07, 6.45) is 0. The zero-order chi connectivity index (χ0) is 21.1.